The molecule has 1 saturated heterocycles. The summed E-state index contributed by atoms with van der Waals surface area (Å²) in [5, 5.41) is 0. The van der Waals surface area contributed by atoms with Crippen molar-refractivity contribution < 1.29 is 23.7 Å². The molecule has 0 bridgehead atoms. The first-order chi connectivity index (χ1) is 9.43. The average Bonchev–Trinajstić information content (AvgIpc) is 2.76. The summed E-state index contributed by atoms with van der Waals surface area (Å²) in [6.45, 7) is 6.46. The summed E-state index contributed by atoms with van der Waals surface area (Å²) in [5.74, 6) is -0.271. The third kappa shape index (κ3) is 3.29. The second-order valence-corrected chi connectivity index (χ2v) is 5.18. The third-order valence-electron chi connectivity index (χ3n) is 3.18. The highest BCUT2D eigenvalue weighted by Crippen LogP contribution is 2.25. The Morgan fingerprint density at radius 3 is 2.80 bits per heavy atom. The van der Waals surface area contributed by atoms with Gasteiger partial charge in [0, 0.05) is 5.56 Å². The van der Waals surface area contributed by atoms with Gasteiger partial charge in [-0.25, -0.2) is 4.79 Å². The number of hydrogen-bond donors (Lipinski definition) is 0. The molecular weight excluding hydrogens is 260 g/mol. The maximum atomic E-state index is 11.6. The van der Waals surface area contributed by atoms with Crippen LogP contribution < -0.4 is 4.74 Å². The molecule has 110 valence electrons. The number of carbonyl (C=O) groups excluding carboxylic acids is 1. The molecule has 1 fully saturated rings. The van der Waals surface area contributed by atoms with Gasteiger partial charge >= 0.3 is 5.97 Å². The maximum absolute atomic E-state index is 11.6. The molecule has 0 aliphatic carbocycles. The molecule has 1 atom stereocenters. The maximum Gasteiger partial charge on any atom is 0.338 e. The molecule has 0 aromatic heterocycles. The van der Waals surface area contributed by atoms with Crippen LogP contribution in [-0.2, 0) is 14.2 Å². The molecule has 0 saturated carbocycles. The fourth-order valence-corrected chi connectivity index (χ4v) is 2.13. The van der Waals surface area contributed by atoms with Crippen LogP contribution in [0.2, 0.25) is 0 Å². The lowest BCUT2D eigenvalue weighted by atomic mass is 10.1. The summed E-state index contributed by atoms with van der Waals surface area (Å²) in [6, 6.07) is 5.31. The molecule has 5 nitrogen and oxygen atoms in total. The van der Waals surface area contributed by atoms with E-state index in [1.54, 1.807) is 12.1 Å². The summed E-state index contributed by atoms with van der Waals surface area (Å²) >= 11 is 0. The van der Waals surface area contributed by atoms with E-state index in [0.717, 1.165) is 5.56 Å². The zero-order valence-electron chi connectivity index (χ0n) is 12.3. The largest absolute Gasteiger partial charge is 0.490 e. The summed E-state index contributed by atoms with van der Waals surface area (Å²) in [6.07, 6.45) is -0.105. The lowest BCUT2D eigenvalue weighted by molar-refractivity contribution is -0.141. The first-order valence-electron chi connectivity index (χ1n) is 6.55. The lowest BCUT2D eigenvalue weighted by Crippen LogP contribution is -2.25. The van der Waals surface area contributed by atoms with Gasteiger partial charge in [-0.15, -0.1) is 0 Å². The van der Waals surface area contributed by atoms with Crippen LogP contribution in [0.15, 0.2) is 18.2 Å². The van der Waals surface area contributed by atoms with E-state index in [-0.39, 0.29) is 12.1 Å². The van der Waals surface area contributed by atoms with Crippen LogP contribution in [0.3, 0.4) is 0 Å². The number of ether oxygens (including phenoxy) is 4. The van der Waals surface area contributed by atoms with E-state index in [0.29, 0.717) is 24.5 Å². The highest BCUT2D eigenvalue weighted by molar-refractivity contribution is 5.91. The summed E-state index contributed by atoms with van der Waals surface area (Å²) in [7, 11) is 1.36. The van der Waals surface area contributed by atoms with Gasteiger partial charge in [-0.3, -0.25) is 0 Å². The van der Waals surface area contributed by atoms with Gasteiger partial charge in [0.05, 0.1) is 19.3 Å². The highest BCUT2D eigenvalue weighted by Gasteiger charge is 2.33. The van der Waals surface area contributed by atoms with Gasteiger partial charge < -0.3 is 18.9 Å². The minimum Gasteiger partial charge on any atom is -0.490 e. The SMILES string of the molecule is COC(=O)c1cccc(OC[C@@H]2COC(C)(C)O2)c1C. The fourth-order valence-electron chi connectivity index (χ4n) is 2.13. The number of hydrogen-bond acceptors (Lipinski definition) is 5. The predicted octanol–water partition coefficient (Wildman–Crippen LogP) is 2.31. The number of carbonyl (C=O) groups is 1. The van der Waals surface area contributed by atoms with E-state index in [2.05, 4.69) is 0 Å². The van der Waals surface area contributed by atoms with Crippen molar-refractivity contribution in [1.29, 1.82) is 0 Å². The molecule has 0 spiro atoms. The Hall–Kier alpha value is -1.59. The number of benzene rings is 1. The minimum absolute atomic E-state index is 0.105. The van der Waals surface area contributed by atoms with Crippen LogP contribution >= 0.6 is 0 Å². The van der Waals surface area contributed by atoms with Crippen molar-refractivity contribution in [2.45, 2.75) is 32.7 Å². The Balaban J connectivity index is 2.02. The molecule has 1 heterocycles. The topological polar surface area (TPSA) is 54.0 Å². The molecule has 1 aromatic rings. The summed E-state index contributed by atoms with van der Waals surface area (Å²) in [4.78, 5) is 11.6. The standard InChI is InChI=1S/C15H20O5/c1-10-12(14(16)17-4)6-5-7-13(10)18-8-11-9-19-15(2,3)20-11/h5-7,11H,8-9H2,1-4H3/t11-/m1/s1. The molecule has 0 unspecified atom stereocenters. The molecule has 1 aliphatic heterocycles. The van der Waals surface area contributed by atoms with Crippen LogP contribution in [0, 0.1) is 6.92 Å². The zero-order valence-corrected chi connectivity index (χ0v) is 12.3. The van der Waals surface area contributed by atoms with E-state index in [1.165, 1.54) is 7.11 Å². The van der Waals surface area contributed by atoms with Crippen LogP contribution in [0.25, 0.3) is 0 Å². The summed E-state index contributed by atoms with van der Waals surface area (Å²) < 4.78 is 21.6. The lowest BCUT2D eigenvalue weighted by Gasteiger charge is -2.18. The van der Waals surface area contributed by atoms with Gasteiger partial charge in [-0.05, 0) is 32.9 Å². The van der Waals surface area contributed by atoms with Crippen molar-refractivity contribution in [3.05, 3.63) is 29.3 Å². The van der Waals surface area contributed by atoms with Crippen LogP contribution in [0.4, 0.5) is 0 Å². The number of methoxy groups -OCH3 is 1. The van der Waals surface area contributed by atoms with Gasteiger partial charge in [0.25, 0.3) is 0 Å². The molecule has 1 aromatic carbocycles. The summed E-state index contributed by atoms with van der Waals surface area (Å²) in [5.41, 5.74) is 1.27. The molecule has 5 heteroatoms. The molecular formula is C15H20O5. The van der Waals surface area contributed by atoms with Gasteiger partial charge in [-0.2, -0.15) is 0 Å². The average molecular weight is 280 g/mol. The van der Waals surface area contributed by atoms with Gasteiger partial charge in [0.1, 0.15) is 18.5 Å². The van der Waals surface area contributed by atoms with Crippen molar-refractivity contribution in [2.24, 2.45) is 0 Å². The Bertz CT molecular complexity index is 495. The monoisotopic (exact) mass is 280 g/mol. The molecule has 0 N–H and O–H groups in total. The van der Waals surface area contributed by atoms with Crippen molar-refractivity contribution >= 4 is 5.97 Å². The van der Waals surface area contributed by atoms with Crippen molar-refractivity contribution in [2.75, 3.05) is 20.3 Å². The van der Waals surface area contributed by atoms with E-state index in [1.807, 2.05) is 26.8 Å². The molecule has 0 amide bonds. The highest BCUT2D eigenvalue weighted by atomic mass is 16.7. The predicted molar refractivity (Wildman–Crippen MR) is 72.9 cm³/mol. The van der Waals surface area contributed by atoms with Gasteiger partial charge in [-0.1, -0.05) is 6.07 Å². The van der Waals surface area contributed by atoms with Crippen LogP contribution in [0.1, 0.15) is 29.8 Å². The first-order valence-corrected chi connectivity index (χ1v) is 6.55. The number of esters is 1. The van der Waals surface area contributed by atoms with E-state index >= 15 is 0 Å². The molecule has 1 aliphatic rings. The van der Waals surface area contributed by atoms with E-state index in [4.69, 9.17) is 18.9 Å². The minimum atomic E-state index is -0.559. The van der Waals surface area contributed by atoms with Crippen molar-refractivity contribution in [3.8, 4) is 5.75 Å². The van der Waals surface area contributed by atoms with E-state index < -0.39 is 5.79 Å². The normalized spacial score (nSPS) is 20.7. The van der Waals surface area contributed by atoms with Gasteiger partial charge in [0.15, 0.2) is 5.79 Å². The van der Waals surface area contributed by atoms with Crippen LogP contribution in [0.5, 0.6) is 5.75 Å². The fraction of sp³-hybridized carbons (Fsp3) is 0.533. The second-order valence-electron chi connectivity index (χ2n) is 5.18. The molecule has 0 radical (unpaired) electrons. The Morgan fingerprint density at radius 1 is 1.45 bits per heavy atom. The van der Waals surface area contributed by atoms with Crippen LogP contribution in [-0.4, -0.2) is 38.2 Å². The zero-order chi connectivity index (χ0) is 14.8. The quantitative estimate of drug-likeness (QED) is 0.792. The third-order valence-corrected chi connectivity index (χ3v) is 3.18. The Morgan fingerprint density at radius 2 is 2.20 bits per heavy atom. The molecule has 20 heavy (non-hydrogen) atoms. The molecule has 2 rings (SSSR count). The second kappa shape index (κ2) is 5.81. The smallest absolute Gasteiger partial charge is 0.338 e. The van der Waals surface area contributed by atoms with Gasteiger partial charge in [0.2, 0.25) is 0 Å². The Kier molecular flexibility index (Phi) is 4.30. The van der Waals surface area contributed by atoms with Crippen molar-refractivity contribution in [1.82, 2.24) is 0 Å². The van der Waals surface area contributed by atoms with Crippen molar-refractivity contribution in [3.63, 3.8) is 0 Å². The Labute approximate surface area is 118 Å². The number of rotatable bonds is 4. The van der Waals surface area contributed by atoms with E-state index in [9.17, 15) is 4.79 Å². The first kappa shape index (κ1) is 14.8.